The lowest BCUT2D eigenvalue weighted by Crippen LogP contribution is -2.31. The summed E-state index contributed by atoms with van der Waals surface area (Å²) in [4.78, 5) is 8.30. The summed E-state index contributed by atoms with van der Waals surface area (Å²) in [5.41, 5.74) is 0. The first-order chi connectivity index (χ1) is 8.08. The summed E-state index contributed by atoms with van der Waals surface area (Å²) in [5, 5.41) is 6.66. The number of hydrogen-bond acceptors (Lipinski definition) is 5. The molecule has 1 aromatic rings. The van der Waals surface area contributed by atoms with Gasteiger partial charge in [0.25, 0.3) is 0 Å². The molecular formula is C11H19ClN4O. The van der Waals surface area contributed by atoms with E-state index < -0.39 is 0 Å². The molecule has 0 spiro atoms. The minimum Gasteiger partial charge on any atom is -0.383 e. The highest BCUT2D eigenvalue weighted by Crippen LogP contribution is 2.21. The van der Waals surface area contributed by atoms with Crippen LogP contribution in [-0.2, 0) is 4.74 Å². The summed E-state index contributed by atoms with van der Waals surface area (Å²) < 4.78 is 5.17. The number of ether oxygens (including phenoxy) is 1. The maximum atomic E-state index is 6.05. The molecule has 0 aliphatic rings. The predicted octanol–water partition coefficient (Wildman–Crippen LogP) is 2.25. The smallest absolute Gasteiger partial charge is 0.224 e. The van der Waals surface area contributed by atoms with Crippen LogP contribution in [0.3, 0.4) is 0 Å². The van der Waals surface area contributed by atoms with E-state index in [0.29, 0.717) is 29.3 Å². The molecular weight excluding hydrogens is 240 g/mol. The van der Waals surface area contributed by atoms with Gasteiger partial charge >= 0.3 is 0 Å². The van der Waals surface area contributed by atoms with E-state index in [1.54, 1.807) is 20.4 Å². The SMILES string of the molecule is CNc1ncc(Cl)c(NC(COC)C(C)C)n1. The highest BCUT2D eigenvalue weighted by Gasteiger charge is 2.15. The van der Waals surface area contributed by atoms with Gasteiger partial charge in [-0.2, -0.15) is 4.98 Å². The molecule has 0 aliphatic heterocycles. The molecule has 0 radical (unpaired) electrons. The predicted molar refractivity (Wildman–Crippen MR) is 70.7 cm³/mol. The van der Waals surface area contributed by atoms with E-state index in [0.717, 1.165) is 0 Å². The summed E-state index contributed by atoms with van der Waals surface area (Å²) in [5.74, 6) is 1.58. The van der Waals surface area contributed by atoms with E-state index in [9.17, 15) is 0 Å². The lowest BCUT2D eigenvalue weighted by atomic mass is 10.1. The molecule has 0 bridgehead atoms. The van der Waals surface area contributed by atoms with Crippen molar-refractivity contribution < 1.29 is 4.74 Å². The zero-order valence-electron chi connectivity index (χ0n) is 10.6. The molecule has 5 nitrogen and oxygen atoms in total. The van der Waals surface area contributed by atoms with E-state index in [2.05, 4.69) is 34.4 Å². The fourth-order valence-electron chi connectivity index (χ4n) is 1.34. The van der Waals surface area contributed by atoms with Crippen LogP contribution in [0.1, 0.15) is 13.8 Å². The number of hydrogen-bond donors (Lipinski definition) is 2. The third kappa shape index (κ3) is 4.02. The maximum absolute atomic E-state index is 6.05. The van der Waals surface area contributed by atoms with Gasteiger partial charge in [-0.1, -0.05) is 25.4 Å². The Balaban J connectivity index is 2.84. The highest BCUT2D eigenvalue weighted by molar-refractivity contribution is 6.32. The molecule has 1 heterocycles. The van der Waals surface area contributed by atoms with Gasteiger partial charge in [0.05, 0.1) is 18.8 Å². The first kappa shape index (κ1) is 14.0. The van der Waals surface area contributed by atoms with Gasteiger partial charge in [-0.15, -0.1) is 0 Å². The molecule has 0 saturated heterocycles. The van der Waals surface area contributed by atoms with E-state index in [4.69, 9.17) is 16.3 Å². The molecule has 6 heteroatoms. The number of halogens is 1. The molecule has 96 valence electrons. The fourth-order valence-corrected chi connectivity index (χ4v) is 1.49. The zero-order chi connectivity index (χ0) is 12.8. The summed E-state index contributed by atoms with van der Waals surface area (Å²) in [6.45, 7) is 4.84. The molecule has 1 unspecified atom stereocenters. The van der Waals surface area contributed by atoms with Crippen LogP contribution in [0.2, 0.25) is 5.02 Å². The first-order valence-corrected chi connectivity index (χ1v) is 5.92. The Morgan fingerprint density at radius 2 is 2.18 bits per heavy atom. The minimum atomic E-state index is 0.164. The second kappa shape index (κ2) is 6.61. The second-order valence-electron chi connectivity index (χ2n) is 4.09. The van der Waals surface area contributed by atoms with Crippen LogP contribution in [0.25, 0.3) is 0 Å². The molecule has 1 rings (SSSR count). The van der Waals surface area contributed by atoms with E-state index in [-0.39, 0.29) is 6.04 Å². The van der Waals surface area contributed by atoms with Gasteiger partial charge in [-0.3, -0.25) is 0 Å². The number of nitrogens with zero attached hydrogens (tertiary/aromatic N) is 2. The van der Waals surface area contributed by atoms with Gasteiger partial charge in [0.15, 0.2) is 5.82 Å². The van der Waals surface area contributed by atoms with Crippen LogP contribution in [0.4, 0.5) is 11.8 Å². The Bertz CT molecular complexity index is 359. The highest BCUT2D eigenvalue weighted by atomic mass is 35.5. The Kier molecular flexibility index (Phi) is 5.44. The van der Waals surface area contributed by atoms with Gasteiger partial charge in [0.1, 0.15) is 5.02 Å². The number of nitrogens with one attached hydrogen (secondary N) is 2. The number of anilines is 2. The molecule has 1 aromatic heterocycles. The van der Waals surface area contributed by atoms with Crippen molar-refractivity contribution >= 4 is 23.4 Å². The van der Waals surface area contributed by atoms with Crippen molar-refractivity contribution in [2.45, 2.75) is 19.9 Å². The van der Waals surface area contributed by atoms with Crippen LogP contribution >= 0.6 is 11.6 Å². The van der Waals surface area contributed by atoms with E-state index in [1.807, 2.05) is 0 Å². The molecule has 0 aromatic carbocycles. The Hall–Kier alpha value is -1.07. The van der Waals surface area contributed by atoms with Gasteiger partial charge in [0, 0.05) is 14.2 Å². The molecule has 0 aliphatic carbocycles. The van der Waals surface area contributed by atoms with Crippen molar-refractivity contribution in [3.8, 4) is 0 Å². The minimum absolute atomic E-state index is 0.164. The standard InChI is InChI=1S/C11H19ClN4O/c1-7(2)9(6-17-4)15-10-8(12)5-14-11(13-3)16-10/h5,7,9H,6H2,1-4H3,(H2,13,14,15,16). The van der Waals surface area contributed by atoms with Gasteiger partial charge in [-0.05, 0) is 5.92 Å². The van der Waals surface area contributed by atoms with Crippen molar-refractivity contribution in [2.24, 2.45) is 5.92 Å². The summed E-state index contributed by atoms with van der Waals surface area (Å²) in [6, 6.07) is 0.164. The average molecular weight is 259 g/mol. The van der Waals surface area contributed by atoms with Crippen molar-refractivity contribution in [3.63, 3.8) is 0 Å². The maximum Gasteiger partial charge on any atom is 0.224 e. The number of aromatic nitrogens is 2. The molecule has 0 saturated carbocycles. The summed E-state index contributed by atoms with van der Waals surface area (Å²) in [7, 11) is 3.44. The molecule has 1 atom stereocenters. The van der Waals surface area contributed by atoms with Crippen molar-refractivity contribution in [1.82, 2.24) is 9.97 Å². The van der Waals surface area contributed by atoms with Crippen molar-refractivity contribution in [3.05, 3.63) is 11.2 Å². The monoisotopic (exact) mass is 258 g/mol. The van der Waals surface area contributed by atoms with E-state index in [1.165, 1.54) is 0 Å². The van der Waals surface area contributed by atoms with Gasteiger partial charge < -0.3 is 15.4 Å². The van der Waals surface area contributed by atoms with Crippen LogP contribution in [0, 0.1) is 5.92 Å². The van der Waals surface area contributed by atoms with Crippen LogP contribution in [-0.4, -0.2) is 36.8 Å². The lowest BCUT2D eigenvalue weighted by molar-refractivity contribution is 0.171. The molecule has 0 fully saturated rings. The topological polar surface area (TPSA) is 59.1 Å². The van der Waals surface area contributed by atoms with Crippen molar-refractivity contribution in [2.75, 3.05) is 31.4 Å². The Morgan fingerprint density at radius 1 is 1.47 bits per heavy atom. The van der Waals surface area contributed by atoms with Crippen LogP contribution in [0.15, 0.2) is 6.20 Å². The van der Waals surface area contributed by atoms with Crippen LogP contribution < -0.4 is 10.6 Å². The van der Waals surface area contributed by atoms with Gasteiger partial charge in [-0.25, -0.2) is 4.98 Å². The average Bonchev–Trinajstić information content (AvgIpc) is 2.31. The van der Waals surface area contributed by atoms with Crippen LogP contribution in [0.5, 0.6) is 0 Å². The normalized spacial score (nSPS) is 12.6. The largest absolute Gasteiger partial charge is 0.383 e. The van der Waals surface area contributed by atoms with E-state index >= 15 is 0 Å². The Labute approximate surface area is 107 Å². The summed E-state index contributed by atoms with van der Waals surface area (Å²) >= 11 is 6.05. The molecule has 0 amide bonds. The zero-order valence-corrected chi connectivity index (χ0v) is 11.4. The third-order valence-corrected chi connectivity index (χ3v) is 2.72. The quantitative estimate of drug-likeness (QED) is 0.820. The fraction of sp³-hybridized carbons (Fsp3) is 0.636. The number of methoxy groups -OCH3 is 1. The lowest BCUT2D eigenvalue weighted by Gasteiger charge is -2.22. The first-order valence-electron chi connectivity index (χ1n) is 5.54. The molecule has 2 N–H and O–H groups in total. The molecule has 17 heavy (non-hydrogen) atoms. The summed E-state index contributed by atoms with van der Waals surface area (Å²) in [6.07, 6.45) is 1.58. The second-order valence-corrected chi connectivity index (χ2v) is 4.50. The number of rotatable bonds is 6. The van der Waals surface area contributed by atoms with Crippen molar-refractivity contribution in [1.29, 1.82) is 0 Å². The van der Waals surface area contributed by atoms with Gasteiger partial charge in [0.2, 0.25) is 5.95 Å². The Morgan fingerprint density at radius 3 is 2.71 bits per heavy atom. The third-order valence-electron chi connectivity index (χ3n) is 2.44.